The summed E-state index contributed by atoms with van der Waals surface area (Å²) in [6, 6.07) is 0.545. The molecule has 62 valence electrons. The van der Waals surface area contributed by atoms with Crippen LogP contribution in [0.4, 0.5) is 0 Å². The van der Waals surface area contributed by atoms with E-state index in [0.717, 1.165) is 0 Å². The van der Waals surface area contributed by atoms with Crippen LogP contribution in [0.3, 0.4) is 0 Å². The minimum atomic E-state index is 0.545. The number of nitrogens with zero attached hydrogens (tertiary/aromatic N) is 2. The van der Waals surface area contributed by atoms with E-state index in [4.69, 9.17) is 0 Å². The number of hydrogen-bond acceptors (Lipinski definition) is 1. The molecule has 0 aliphatic rings. The zero-order valence-corrected chi connectivity index (χ0v) is 9.08. The summed E-state index contributed by atoms with van der Waals surface area (Å²) in [5.74, 6) is 0. The number of halogens is 1. The maximum atomic E-state index is 4.24. The first-order valence-electron chi connectivity index (χ1n) is 3.93. The molecule has 1 aromatic heterocycles. The van der Waals surface area contributed by atoms with Gasteiger partial charge >= 0.3 is 0 Å². The predicted molar refractivity (Wildman–Crippen MR) is 54.6 cm³/mol. The molecule has 0 aliphatic heterocycles. The van der Waals surface area contributed by atoms with Gasteiger partial charge in [-0.15, -0.1) is 0 Å². The Hall–Kier alpha value is -0.0600. The van der Waals surface area contributed by atoms with Crippen molar-refractivity contribution in [3.05, 3.63) is 16.0 Å². The molecule has 11 heavy (non-hydrogen) atoms. The van der Waals surface area contributed by atoms with Crippen molar-refractivity contribution in [3.8, 4) is 0 Å². The van der Waals surface area contributed by atoms with E-state index < -0.39 is 0 Å². The summed E-state index contributed by atoms with van der Waals surface area (Å²) in [7, 11) is 0. The van der Waals surface area contributed by atoms with Crippen LogP contribution >= 0.6 is 22.6 Å². The number of aromatic nitrogens is 2. The second-order valence-electron chi connectivity index (χ2n) is 2.78. The highest BCUT2D eigenvalue weighted by molar-refractivity contribution is 14.1. The third kappa shape index (κ3) is 2.47. The molecule has 1 aromatic rings. The Morgan fingerprint density at radius 2 is 2.45 bits per heavy atom. The smallest absolute Gasteiger partial charge is 0.0623 e. The lowest BCUT2D eigenvalue weighted by Crippen LogP contribution is -2.04. The fourth-order valence-corrected chi connectivity index (χ4v) is 1.52. The highest BCUT2D eigenvalue weighted by atomic mass is 127. The van der Waals surface area contributed by atoms with Crippen LogP contribution in [0.25, 0.3) is 0 Å². The molecular weight excluding hydrogens is 251 g/mol. The summed E-state index contributed by atoms with van der Waals surface area (Å²) in [5, 5.41) is 4.24. The zero-order chi connectivity index (χ0) is 8.27. The van der Waals surface area contributed by atoms with E-state index in [1.807, 2.05) is 10.9 Å². The van der Waals surface area contributed by atoms with E-state index in [9.17, 15) is 0 Å². The van der Waals surface area contributed by atoms with Gasteiger partial charge in [0.25, 0.3) is 0 Å². The first-order chi connectivity index (χ1) is 5.24. The fraction of sp³-hybridized carbons (Fsp3) is 0.625. The molecule has 0 fully saturated rings. The van der Waals surface area contributed by atoms with E-state index in [2.05, 4.69) is 47.7 Å². The van der Waals surface area contributed by atoms with Crippen LogP contribution in [0.15, 0.2) is 12.4 Å². The molecule has 0 bridgehead atoms. The molecule has 0 N–H and O–H groups in total. The van der Waals surface area contributed by atoms with Crippen molar-refractivity contribution in [2.75, 3.05) is 0 Å². The van der Waals surface area contributed by atoms with Gasteiger partial charge in [0.1, 0.15) is 0 Å². The third-order valence-corrected chi connectivity index (χ3v) is 2.29. The summed E-state index contributed by atoms with van der Waals surface area (Å²) in [5.41, 5.74) is 0. The molecule has 1 unspecified atom stereocenters. The van der Waals surface area contributed by atoms with E-state index in [-0.39, 0.29) is 0 Å². The molecule has 0 amide bonds. The van der Waals surface area contributed by atoms with E-state index in [1.54, 1.807) is 0 Å². The van der Waals surface area contributed by atoms with Gasteiger partial charge in [-0.2, -0.15) is 5.10 Å². The van der Waals surface area contributed by atoms with Crippen molar-refractivity contribution in [1.29, 1.82) is 0 Å². The van der Waals surface area contributed by atoms with Crippen molar-refractivity contribution < 1.29 is 0 Å². The quantitative estimate of drug-likeness (QED) is 0.767. The van der Waals surface area contributed by atoms with E-state index in [1.165, 1.54) is 16.4 Å². The Labute approximate surface area is 81.1 Å². The molecule has 1 heterocycles. The first-order valence-corrected chi connectivity index (χ1v) is 5.01. The van der Waals surface area contributed by atoms with Crippen molar-refractivity contribution in [2.24, 2.45) is 0 Å². The van der Waals surface area contributed by atoms with Crippen molar-refractivity contribution in [2.45, 2.75) is 32.7 Å². The van der Waals surface area contributed by atoms with E-state index >= 15 is 0 Å². The van der Waals surface area contributed by atoms with Gasteiger partial charge in [-0.25, -0.2) is 0 Å². The first kappa shape index (κ1) is 9.03. The average Bonchev–Trinajstić information content (AvgIpc) is 2.36. The molecule has 3 heteroatoms. The van der Waals surface area contributed by atoms with E-state index in [0.29, 0.717) is 6.04 Å². The summed E-state index contributed by atoms with van der Waals surface area (Å²) in [6.07, 6.45) is 6.41. The summed E-state index contributed by atoms with van der Waals surface area (Å²) < 4.78 is 3.25. The lowest BCUT2D eigenvalue weighted by atomic mass is 10.2. The van der Waals surface area contributed by atoms with Gasteiger partial charge in [0.2, 0.25) is 0 Å². The Bertz CT molecular complexity index is 220. The maximum absolute atomic E-state index is 4.24. The minimum absolute atomic E-state index is 0.545. The maximum Gasteiger partial charge on any atom is 0.0623 e. The second kappa shape index (κ2) is 4.09. The predicted octanol–water partition coefficient (Wildman–Crippen LogP) is 2.85. The van der Waals surface area contributed by atoms with Gasteiger partial charge in [0, 0.05) is 12.2 Å². The van der Waals surface area contributed by atoms with Gasteiger partial charge in [0.15, 0.2) is 0 Å². The van der Waals surface area contributed by atoms with Crippen LogP contribution in [-0.4, -0.2) is 9.78 Å². The van der Waals surface area contributed by atoms with Crippen molar-refractivity contribution in [3.63, 3.8) is 0 Å². The van der Waals surface area contributed by atoms with Crippen molar-refractivity contribution >= 4 is 22.6 Å². The summed E-state index contributed by atoms with van der Waals surface area (Å²) >= 11 is 2.28. The summed E-state index contributed by atoms with van der Waals surface area (Å²) in [4.78, 5) is 0. The standard InChI is InChI=1S/C8H13IN2/c1-3-4-7(2)11-6-8(9)5-10-11/h5-7H,3-4H2,1-2H3. The van der Waals surface area contributed by atoms with Gasteiger partial charge in [-0.1, -0.05) is 13.3 Å². The number of rotatable bonds is 3. The average molecular weight is 264 g/mol. The second-order valence-corrected chi connectivity index (χ2v) is 4.02. The highest BCUT2D eigenvalue weighted by Gasteiger charge is 2.03. The van der Waals surface area contributed by atoms with Gasteiger partial charge < -0.3 is 0 Å². The normalized spacial score (nSPS) is 13.4. The Kier molecular flexibility index (Phi) is 3.36. The van der Waals surface area contributed by atoms with Crippen LogP contribution in [-0.2, 0) is 0 Å². The molecule has 1 rings (SSSR count). The monoisotopic (exact) mass is 264 g/mol. The SMILES string of the molecule is CCCC(C)n1cc(I)cn1. The molecule has 0 saturated heterocycles. The van der Waals surface area contributed by atoms with Crippen LogP contribution in [0.1, 0.15) is 32.7 Å². The van der Waals surface area contributed by atoms with Gasteiger partial charge in [-0.3, -0.25) is 4.68 Å². The Morgan fingerprint density at radius 1 is 1.73 bits per heavy atom. The third-order valence-electron chi connectivity index (χ3n) is 1.73. The molecule has 0 spiro atoms. The molecule has 2 nitrogen and oxygen atoms in total. The highest BCUT2D eigenvalue weighted by Crippen LogP contribution is 2.12. The van der Waals surface area contributed by atoms with Crippen LogP contribution < -0.4 is 0 Å². The Balaban J connectivity index is 2.60. The van der Waals surface area contributed by atoms with Crippen molar-refractivity contribution in [1.82, 2.24) is 9.78 Å². The molecule has 0 aliphatic carbocycles. The Morgan fingerprint density at radius 3 is 2.91 bits per heavy atom. The zero-order valence-electron chi connectivity index (χ0n) is 6.92. The van der Waals surface area contributed by atoms with Gasteiger partial charge in [-0.05, 0) is 35.9 Å². The molecule has 1 atom stereocenters. The van der Waals surface area contributed by atoms with Crippen LogP contribution in [0.5, 0.6) is 0 Å². The topological polar surface area (TPSA) is 17.8 Å². The van der Waals surface area contributed by atoms with Crippen LogP contribution in [0.2, 0.25) is 0 Å². The van der Waals surface area contributed by atoms with Crippen LogP contribution in [0, 0.1) is 3.57 Å². The lowest BCUT2D eigenvalue weighted by molar-refractivity contribution is 0.455. The minimum Gasteiger partial charge on any atom is -0.269 e. The molecular formula is C8H13IN2. The lowest BCUT2D eigenvalue weighted by Gasteiger charge is -2.09. The molecule has 0 aromatic carbocycles. The summed E-state index contributed by atoms with van der Waals surface area (Å²) in [6.45, 7) is 4.40. The molecule has 0 radical (unpaired) electrons. The number of hydrogen-bond donors (Lipinski definition) is 0. The molecule has 0 saturated carbocycles. The fourth-order valence-electron chi connectivity index (χ4n) is 1.11. The van der Waals surface area contributed by atoms with Gasteiger partial charge in [0.05, 0.1) is 9.77 Å². The largest absolute Gasteiger partial charge is 0.269 e.